The first kappa shape index (κ1) is 13.1. The second-order valence-corrected chi connectivity index (χ2v) is 5.94. The fourth-order valence-corrected chi connectivity index (χ4v) is 3.06. The Hall–Kier alpha value is -0.370. The number of halogens is 1. The van der Waals surface area contributed by atoms with Crippen LogP contribution in [0.5, 0.6) is 0 Å². The largest absolute Gasteiger partial charge is 0.305 e. The molecule has 5 nitrogen and oxygen atoms in total. The van der Waals surface area contributed by atoms with E-state index in [4.69, 9.17) is 11.6 Å². The van der Waals surface area contributed by atoms with Crippen molar-refractivity contribution in [3.63, 3.8) is 0 Å². The second-order valence-electron chi connectivity index (χ2n) is 3.50. The van der Waals surface area contributed by atoms with E-state index in [9.17, 15) is 0 Å². The molecule has 1 aromatic rings. The van der Waals surface area contributed by atoms with Gasteiger partial charge in [0.05, 0.1) is 0 Å². The van der Waals surface area contributed by atoms with Gasteiger partial charge in [0.1, 0.15) is 5.70 Å². The third-order valence-corrected chi connectivity index (χ3v) is 4.31. The van der Waals surface area contributed by atoms with Crippen LogP contribution < -0.4 is 5.43 Å². The molecular formula is C9H14ClN5S2. The van der Waals surface area contributed by atoms with Gasteiger partial charge in [0.2, 0.25) is 0 Å². The summed E-state index contributed by atoms with van der Waals surface area (Å²) >= 11 is 8.92. The Morgan fingerprint density at radius 3 is 2.94 bits per heavy atom. The van der Waals surface area contributed by atoms with Gasteiger partial charge in [-0.1, -0.05) is 11.8 Å². The van der Waals surface area contributed by atoms with E-state index in [0.717, 1.165) is 28.9 Å². The molecule has 1 aliphatic rings. The van der Waals surface area contributed by atoms with Crippen molar-refractivity contribution in [2.45, 2.75) is 11.6 Å². The standard InChI is InChI=1S/C9H14ClN5S2/c1-14-8(7-6-17-15(2)13-7)11-12-9(14)16-5-3-4-10/h6,13H,3-5H2,1-2H3. The van der Waals surface area contributed by atoms with Crippen LogP contribution >= 0.6 is 35.3 Å². The van der Waals surface area contributed by atoms with Crippen LogP contribution in [0.4, 0.5) is 0 Å². The summed E-state index contributed by atoms with van der Waals surface area (Å²) in [6, 6.07) is 0. The minimum atomic E-state index is 0.686. The average Bonchev–Trinajstić information content (AvgIpc) is 2.87. The van der Waals surface area contributed by atoms with E-state index in [0.29, 0.717) is 5.88 Å². The summed E-state index contributed by atoms with van der Waals surface area (Å²) in [6.45, 7) is 0. The Labute approximate surface area is 114 Å². The lowest BCUT2D eigenvalue weighted by atomic mass is 10.5. The van der Waals surface area contributed by atoms with Crippen LogP contribution in [0.15, 0.2) is 10.6 Å². The van der Waals surface area contributed by atoms with Gasteiger partial charge in [0.25, 0.3) is 0 Å². The Kier molecular flexibility index (Phi) is 4.61. The molecule has 94 valence electrons. The molecule has 8 heteroatoms. The summed E-state index contributed by atoms with van der Waals surface area (Å²) < 4.78 is 3.92. The van der Waals surface area contributed by atoms with Crippen molar-refractivity contribution in [1.29, 1.82) is 0 Å². The van der Waals surface area contributed by atoms with Gasteiger partial charge in [-0.15, -0.1) is 21.8 Å². The lowest BCUT2D eigenvalue weighted by Gasteiger charge is -2.09. The smallest absolute Gasteiger partial charge is 0.191 e. The van der Waals surface area contributed by atoms with Crippen LogP contribution in [0.25, 0.3) is 5.70 Å². The van der Waals surface area contributed by atoms with Gasteiger partial charge in [-0.3, -0.25) is 0 Å². The molecule has 0 spiro atoms. The molecule has 2 heterocycles. The normalized spacial score (nSPS) is 16.1. The summed E-state index contributed by atoms with van der Waals surface area (Å²) in [5.41, 5.74) is 4.18. The second kappa shape index (κ2) is 5.99. The number of alkyl halides is 1. The summed E-state index contributed by atoms with van der Waals surface area (Å²) in [4.78, 5) is 0. The minimum Gasteiger partial charge on any atom is -0.305 e. The highest BCUT2D eigenvalue weighted by Gasteiger charge is 2.18. The maximum absolute atomic E-state index is 5.65. The third kappa shape index (κ3) is 3.09. The van der Waals surface area contributed by atoms with Crippen molar-refractivity contribution in [2.75, 3.05) is 18.7 Å². The van der Waals surface area contributed by atoms with E-state index in [2.05, 4.69) is 15.6 Å². The zero-order valence-corrected chi connectivity index (χ0v) is 12.1. The highest BCUT2D eigenvalue weighted by molar-refractivity contribution is 8.00. The molecule has 0 aliphatic carbocycles. The van der Waals surface area contributed by atoms with E-state index in [1.807, 2.05) is 28.5 Å². The molecule has 0 radical (unpaired) electrons. The van der Waals surface area contributed by atoms with Crippen molar-refractivity contribution >= 4 is 41.0 Å². The molecular weight excluding hydrogens is 278 g/mol. The number of nitrogens with one attached hydrogen (secondary N) is 1. The molecule has 17 heavy (non-hydrogen) atoms. The highest BCUT2D eigenvalue weighted by atomic mass is 35.5. The molecule has 1 aromatic heterocycles. The minimum absolute atomic E-state index is 0.686. The van der Waals surface area contributed by atoms with Crippen LogP contribution in [0.1, 0.15) is 12.2 Å². The highest BCUT2D eigenvalue weighted by Crippen LogP contribution is 2.25. The average molecular weight is 292 g/mol. The van der Waals surface area contributed by atoms with Crippen molar-refractivity contribution in [2.24, 2.45) is 7.05 Å². The van der Waals surface area contributed by atoms with E-state index >= 15 is 0 Å². The number of rotatable bonds is 5. The van der Waals surface area contributed by atoms with Crippen molar-refractivity contribution in [3.8, 4) is 0 Å². The summed E-state index contributed by atoms with van der Waals surface area (Å²) in [5.74, 6) is 2.51. The van der Waals surface area contributed by atoms with Crippen LogP contribution in [-0.2, 0) is 7.05 Å². The van der Waals surface area contributed by atoms with Crippen molar-refractivity contribution < 1.29 is 0 Å². The molecule has 1 N–H and O–H groups in total. The topological polar surface area (TPSA) is 46.0 Å². The molecule has 0 saturated carbocycles. The SMILES string of the molecule is CN1NC(c2nnc(SCCCCl)n2C)=CS1. The van der Waals surface area contributed by atoms with Gasteiger partial charge in [-0.05, 0) is 18.4 Å². The van der Waals surface area contributed by atoms with E-state index < -0.39 is 0 Å². The first-order valence-corrected chi connectivity index (χ1v) is 7.54. The summed E-state index contributed by atoms with van der Waals surface area (Å²) in [7, 11) is 3.94. The summed E-state index contributed by atoms with van der Waals surface area (Å²) in [5, 5.41) is 11.3. The number of hydrogen-bond acceptors (Lipinski definition) is 6. The first-order chi connectivity index (χ1) is 8.22. The molecule has 0 aromatic carbocycles. The summed E-state index contributed by atoms with van der Waals surface area (Å²) in [6.07, 6.45) is 0.980. The zero-order valence-electron chi connectivity index (χ0n) is 9.68. The zero-order chi connectivity index (χ0) is 12.3. The molecule has 0 bridgehead atoms. The van der Waals surface area contributed by atoms with E-state index in [1.54, 1.807) is 23.7 Å². The Morgan fingerprint density at radius 2 is 2.29 bits per heavy atom. The predicted molar refractivity (Wildman–Crippen MR) is 73.5 cm³/mol. The molecule has 0 amide bonds. The number of aromatic nitrogens is 3. The van der Waals surface area contributed by atoms with Gasteiger partial charge in [0.15, 0.2) is 11.0 Å². The number of hydrogen-bond donors (Lipinski definition) is 1. The van der Waals surface area contributed by atoms with Crippen molar-refractivity contribution in [3.05, 3.63) is 11.2 Å². The predicted octanol–water partition coefficient (Wildman–Crippen LogP) is 1.93. The van der Waals surface area contributed by atoms with E-state index in [1.165, 1.54) is 0 Å². The van der Waals surface area contributed by atoms with Crippen molar-refractivity contribution in [1.82, 2.24) is 24.6 Å². The lowest BCUT2D eigenvalue weighted by molar-refractivity contribution is 0.513. The van der Waals surface area contributed by atoms with Crippen LogP contribution in [-0.4, -0.2) is 37.9 Å². The van der Waals surface area contributed by atoms with Gasteiger partial charge in [0, 0.05) is 31.1 Å². The Morgan fingerprint density at radius 1 is 1.47 bits per heavy atom. The van der Waals surface area contributed by atoms with E-state index in [-0.39, 0.29) is 0 Å². The maximum atomic E-state index is 5.65. The van der Waals surface area contributed by atoms with Gasteiger partial charge >= 0.3 is 0 Å². The van der Waals surface area contributed by atoms with Gasteiger partial charge in [-0.2, -0.15) is 4.41 Å². The van der Waals surface area contributed by atoms with Crippen LogP contribution in [0.2, 0.25) is 0 Å². The molecule has 0 unspecified atom stereocenters. The van der Waals surface area contributed by atoms with Gasteiger partial charge in [-0.25, -0.2) is 0 Å². The Bertz CT molecular complexity index is 420. The molecule has 0 atom stereocenters. The monoisotopic (exact) mass is 291 g/mol. The fraction of sp³-hybridized carbons (Fsp3) is 0.556. The fourth-order valence-electron chi connectivity index (χ4n) is 1.35. The number of hydrazine groups is 1. The lowest BCUT2D eigenvalue weighted by Crippen LogP contribution is -2.22. The first-order valence-electron chi connectivity index (χ1n) is 5.18. The number of thioether (sulfide) groups is 1. The molecule has 2 rings (SSSR count). The van der Waals surface area contributed by atoms with Crippen LogP contribution in [0.3, 0.4) is 0 Å². The third-order valence-electron chi connectivity index (χ3n) is 2.19. The van der Waals surface area contributed by atoms with Crippen LogP contribution in [0, 0.1) is 0 Å². The van der Waals surface area contributed by atoms with Gasteiger partial charge < -0.3 is 9.99 Å². The molecule has 0 saturated heterocycles. The molecule has 1 aliphatic heterocycles. The quantitative estimate of drug-likeness (QED) is 0.387. The Balaban J connectivity index is 2.05. The maximum Gasteiger partial charge on any atom is 0.191 e. The number of nitrogens with zero attached hydrogens (tertiary/aromatic N) is 4. The molecule has 0 fully saturated rings.